The Morgan fingerprint density at radius 2 is 1.59 bits per heavy atom. The molecule has 0 aromatic heterocycles. The normalized spacial score (nSPS) is 11.2. The molecule has 0 bridgehead atoms. The van der Waals surface area contributed by atoms with Crippen LogP contribution in [-0.2, 0) is 21.4 Å². The van der Waals surface area contributed by atoms with Gasteiger partial charge in [0.2, 0.25) is 15.9 Å². The fourth-order valence-electron chi connectivity index (χ4n) is 3.13. The summed E-state index contributed by atoms with van der Waals surface area (Å²) in [6, 6.07) is 22.3. The first-order valence-electron chi connectivity index (χ1n) is 10.1. The smallest absolute Gasteiger partial charge is 0.243 e. The quantitative estimate of drug-likeness (QED) is 0.502. The number of nitrogens with zero attached hydrogens (tertiary/aromatic N) is 1. The number of ether oxygens (including phenoxy) is 2. The molecule has 0 saturated heterocycles. The van der Waals surface area contributed by atoms with Gasteiger partial charge in [-0.1, -0.05) is 42.5 Å². The lowest BCUT2D eigenvalue weighted by atomic mass is 10.2. The van der Waals surface area contributed by atoms with E-state index in [2.05, 4.69) is 5.32 Å². The maximum absolute atomic E-state index is 13.4. The largest absolute Gasteiger partial charge is 0.495 e. The molecule has 0 fully saturated rings. The van der Waals surface area contributed by atoms with E-state index in [-0.39, 0.29) is 18.0 Å². The van der Waals surface area contributed by atoms with E-state index in [0.29, 0.717) is 23.8 Å². The maximum Gasteiger partial charge on any atom is 0.243 e. The van der Waals surface area contributed by atoms with Crippen molar-refractivity contribution in [1.82, 2.24) is 4.31 Å². The molecule has 1 N–H and O–H groups in total. The second-order valence-electron chi connectivity index (χ2n) is 6.91. The van der Waals surface area contributed by atoms with E-state index < -0.39 is 15.9 Å². The van der Waals surface area contributed by atoms with Crippen molar-refractivity contribution in [2.75, 3.05) is 25.6 Å². The van der Waals surface area contributed by atoms with Crippen molar-refractivity contribution in [1.29, 1.82) is 0 Å². The van der Waals surface area contributed by atoms with E-state index in [1.807, 2.05) is 37.3 Å². The van der Waals surface area contributed by atoms with E-state index in [1.54, 1.807) is 36.4 Å². The Bertz CT molecular complexity index is 1130. The minimum Gasteiger partial charge on any atom is -0.495 e. The molecule has 3 aromatic carbocycles. The summed E-state index contributed by atoms with van der Waals surface area (Å²) in [4.78, 5) is 12.9. The van der Waals surface area contributed by atoms with E-state index in [4.69, 9.17) is 9.47 Å². The highest BCUT2D eigenvalue weighted by atomic mass is 32.2. The molecule has 1 amide bonds. The van der Waals surface area contributed by atoms with Gasteiger partial charge in [-0.05, 0) is 48.9 Å². The number of para-hydroxylation sites is 2. The van der Waals surface area contributed by atoms with Gasteiger partial charge in [0.05, 0.1) is 30.8 Å². The van der Waals surface area contributed by atoms with Crippen molar-refractivity contribution < 1.29 is 22.7 Å². The molecule has 0 aliphatic heterocycles. The van der Waals surface area contributed by atoms with Crippen LogP contribution in [0.4, 0.5) is 5.69 Å². The molecule has 7 nitrogen and oxygen atoms in total. The van der Waals surface area contributed by atoms with Gasteiger partial charge in [0, 0.05) is 6.54 Å². The average Bonchev–Trinajstić information content (AvgIpc) is 2.80. The van der Waals surface area contributed by atoms with Crippen LogP contribution < -0.4 is 14.8 Å². The average molecular weight is 455 g/mol. The second kappa shape index (κ2) is 10.8. The summed E-state index contributed by atoms with van der Waals surface area (Å²) in [5, 5.41) is 2.74. The monoisotopic (exact) mass is 454 g/mol. The third-order valence-electron chi connectivity index (χ3n) is 4.68. The molecule has 0 spiro atoms. The molecular formula is C24H26N2O5S. The van der Waals surface area contributed by atoms with Gasteiger partial charge in [0.25, 0.3) is 0 Å². The topological polar surface area (TPSA) is 84.9 Å². The zero-order valence-corrected chi connectivity index (χ0v) is 18.8. The zero-order chi connectivity index (χ0) is 23.0. The van der Waals surface area contributed by atoms with Gasteiger partial charge in [-0.15, -0.1) is 0 Å². The molecule has 0 unspecified atom stereocenters. The van der Waals surface area contributed by atoms with E-state index in [1.165, 1.54) is 19.2 Å². The number of nitrogens with one attached hydrogen (secondary N) is 1. The van der Waals surface area contributed by atoms with Crippen LogP contribution in [0.3, 0.4) is 0 Å². The number of amides is 1. The molecule has 0 aliphatic carbocycles. The third kappa shape index (κ3) is 5.87. The fraction of sp³-hybridized carbons (Fsp3) is 0.208. The summed E-state index contributed by atoms with van der Waals surface area (Å²) in [7, 11) is -2.45. The molecular weight excluding hydrogens is 428 g/mol. The number of anilines is 1. The number of rotatable bonds is 10. The first-order chi connectivity index (χ1) is 15.4. The Balaban J connectivity index is 1.86. The predicted octanol–water partition coefficient (Wildman–Crippen LogP) is 3.92. The van der Waals surface area contributed by atoms with Gasteiger partial charge in [-0.3, -0.25) is 4.79 Å². The summed E-state index contributed by atoms with van der Waals surface area (Å²) < 4.78 is 38.6. The SMILES string of the molecule is CCOc1ccc(S(=O)(=O)N(CC(=O)Nc2ccccc2OC)Cc2ccccc2)cc1. The fourth-order valence-corrected chi connectivity index (χ4v) is 4.52. The lowest BCUT2D eigenvalue weighted by Crippen LogP contribution is -2.37. The number of hydrogen-bond donors (Lipinski definition) is 1. The van der Waals surface area contributed by atoms with Gasteiger partial charge in [0.15, 0.2) is 0 Å². The van der Waals surface area contributed by atoms with Crippen LogP contribution in [0.5, 0.6) is 11.5 Å². The van der Waals surface area contributed by atoms with Crippen LogP contribution in [0.25, 0.3) is 0 Å². The number of methoxy groups -OCH3 is 1. The summed E-state index contributed by atoms with van der Waals surface area (Å²) in [5.41, 5.74) is 1.24. The van der Waals surface area contributed by atoms with E-state index >= 15 is 0 Å². The Hall–Kier alpha value is -3.36. The van der Waals surface area contributed by atoms with Crippen molar-refractivity contribution in [2.24, 2.45) is 0 Å². The molecule has 0 radical (unpaired) electrons. The molecule has 3 aromatic rings. The Morgan fingerprint density at radius 1 is 0.938 bits per heavy atom. The molecule has 0 aliphatic rings. The molecule has 3 rings (SSSR count). The third-order valence-corrected chi connectivity index (χ3v) is 6.48. The minimum atomic E-state index is -3.95. The highest BCUT2D eigenvalue weighted by Gasteiger charge is 2.27. The second-order valence-corrected chi connectivity index (χ2v) is 8.85. The Morgan fingerprint density at radius 3 is 2.25 bits per heavy atom. The lowest BCUT2D eigenvalue weighted by Gasteiger charge is -2.22. The number of carbonyl (C=O) groups is 1. The van der Waals surface area contributed by atoms with E-state index in [0.717, 1.165) is 9.87 Å². The van der Waals surface area contributed by atoms with Gasteiger partial charge in [-0.2, -0.15) is 4.31 Å². The van der Waals surface area contributed by atoms with Crippen LogP contribution in [0.1, 0.15) is 12.5 Å². The summed E-state index contributed by atoms with van der Waals surface area (Å²) >= 11 is 0. The van der Waals surface area contributed by atoms with Gasteiger partial charge >= 0.3 is 0 Å². The number of benzene rings is 3. The van der Waals surface area contributed by atoms with Crippen molar-refractivity contribution in [3.63, 3.8) is 0 Å². The van der Waals surface area contributed by atoms with E-state index in [9.17, 15) is 13.2 Å². The van der Waals surface area contributed by atoms with Crippen molar-refractivity contribution >= 4 is 21.6 Å². The van der Waals surface area contributed by atoms with Gasteiger partial charge in [-0.25, -0.2) is 8.42 Å². The standard InChI is InChI=1S/C24H26N2O5S/c1-3-31-20-13-15-21(16-14-20)32(28,29)26(17-19-9-5-4-6-10-19)18-24(27)25-22-11-7-8-12-23(22)30-2/h4-16H,3,17-18H2,1-2H3,(H,25,27). The summed E-state index contributed by atoms with van der Waals surface area (Å²) in [6.45, 7) is 2.03. The van der Waals surface area contributed by atoms with Gasteiger partial charge < -0.3 is 14.8 Å². The van der Waals surface area contributed by atoms with Crippen molar-refractivity contribution in [3.05, 3.63) is 84.4 Å². The molecule has 168 valence electrons. The van der Waals surface area contributed by atoms with Crippen LogP contribution in [0.2, 0.25) is 0 Å². The molecule has 0 atom stereocenters. The zero-order valence-electron chi connectivity index (χ0n) is 18.0. The highest BCUT2D eigenvalue weighted by molar-refractivity contribution is 7.89. The minimum absolute atomic E-state index is 0.0513. The number of carbonyl (C=O) groups excluding carboxylic acids is 1. The van der Waals surface area contributed by atoms with Crippen LogP contribution >= 0.6 is 0 Å². The number of hydrogen-bond acceptors (Lipinski definition) is 5. The van der Waals surface area contributed by atoms with Crippen molar-refractivity contribution in [2.45, 2.75) is 18.4 Å². The molecule has 0 heterocycles. The lowest BCUT2D eigenvalue weighted by molar-refractivity contribution is -0.116. The Labute approximate surface area is 188 Å². The first-order valence-corrected chi connectivity index (χ1v) is 11.6. The van der Waals surface area contributed by atoms with Gasteiger partial charge in [0.1, 0.15) is 11.5 Å². The Kier molecular flexibility index (Phi) is 7.86. The maximum atomic E-state index is 13.4. The van der Waals surface area contributed by atoms with Crippen molar-refractivity contribution in [3.8, 4) is 11.5 Å². The molecule has 32 heavy (non-hydrogen) atoms. The number of sulfonamides is 1. The predicted molar refractivity (Wildman–Crippen MR) is 123 cm³/mol. The summed E-state index contributed by atoms with van der Waals surface area (Å²) in [5.74, 6) is 0.597. The molecule has 8 heteroatoms. The highest BCUT2D eigenvalue weighted by Crippen LogP contribution is 2.24. The van der Waals surface area contributed by atoms with Crippen LogP contribution in [-0.4, -0.2) is 38.9 Å². The van der Waals surface area contributed by atoms with Crippen LogP contribution in [0, 0.1) is 0 Å². The van der Waals surface area contributed by atoms with Crippen LogP contribution in [0.15, 0.2) is 83.8 Å². The molecule has 0 saturated carbocycles. The summed E-state index contributed by atoms with van der Waals surface area (Å²) in [6.07, 6.45) is 0. The first kappa shape index (κ1) is 23.3.